The van der Waals surface area contributed by atoms with Crippen LogP contribution in [0.2, 0.25) is 0 Å². The van der Waals surface area contributed by atoms with Crippen molar-refractivity contribution in [2.24, 2.45) is 0 Å². The number of nitrogens with one attached hydrogen (secondary N) is 1. The summed E-state index contributed by atoms with van der Waals surface area (Å²) in [6.45, 7) is 14.9. The highest BCUT2D eigenvalue weighted by Gasteiger charge is 2.20. The summed E-state index contributed by atoms with van der Waals surface area (Å²) in [5, 5.41) is 12.9. The van der Waals surface area contributed by atoms with Crippen molar-refractivity contribution in [2.45, 2.75) is 78.2 Å². The first kappa shape index (κ1) is 21.0. The highest BCUT2D eigenvalue weighted by molar-refractivity contribution is 5.87. The van der Waals surface area contributed by atoms with E-state index in [0.29, 0.717) is 11.6 Å². The summed E-state index contributed by atoms with van der Waals surface area (Å²) in [6, 6.07) is 9.47. The molecule has 0 saturated heterocycles. The Kier molecular flexibility index (Phi) is 7.08. The van der Waals surface area contributed by atoms with E-state index in [2.05, 4.69) is 56.9 Å². The van der Waals surface area contributed by atoms with E-state index in [4.69, 9.17) is 5.26 Å². The van der Waals surface area contributed by atoms with Gasteiger partial charge in [0.05, 0.1) is 6.07 Å². The molecule has 0 atom stereocenters. The van der Waals surface area contributed by atoms with Gasteiger partial charge in [-0.3, -0.25) is 0 Å². The lowest BCUT2D eigenvalue weighted by Crippen LogP contribution is -2.23. The average molecular weight is 363 g/mol. The molecule has 1 aliphatic carbocycles. The highest BCUT2D eigenvalue weighted by atomic mass is 14.9. The van der Waals surface area contributed by atoms with E-state index < -0.39 is 0 Å². The van der Waals surface area contributed by atoms with E-state index in [1.54, 1.807) is 0 Å². The number of hydrogen-bond acceptors (Lipinski definition) is 2. The highest BCUT2D eigenvalue weighted by Crippen LogP contribution is 2.35. The molecule has 0 heterocycles. The van der Waals surface area contributed by atoms with Crippen LogP contribution in [0.5, 0.6) is 0 Å². The molecule has 2 nitrogen and oxygen atoms in total. The topological polar surface area (TPSA) is 35.8 Å². The summed E-state index contributed by atoms with van der Waals surface area (Å²) < 4.78 is 0. The third kappa shape index (κ3) is 5.60. The van der Waals surface area contributed by atoms with E-state index >= 15 is 0 Å². The minimum absolute atomic E-state index is 0.0763. The summed E-state index contributed by atoms with van der Waals surface area (Å²) in [6.07, 6.45) is 10.4. The SMILES string of the molecule is C=C(C(/C=C(\C)C#N)=C/C)c1cc(C(C)(C)C)ccc1NC1CCCCC1. The van der Waals surface area contributed by atoms with E-state index in [1.807, 2.05) is 26.0 Å². The number of benzene rings is 1. The third-order valence-electron chi connectivity index (χ3n) is 5.38. The fourth-order valence-electron chi connectivity index (χ4n) is 3.62. The van der Waals surface area contributed by atoms with Crippen LogP contribution in [0.4, 0.5) is 5.69 Å². The van der Waals surface area contributed by atoms with Gasteiger partial charge in [0.1, 0.15) is 0 Å². The molecule has 0 unspecified atom stereocenters. The number of anilines is 1. The molecule has 27 heavy (non-hydrogen) atoms. The second-order valence-corrected chi connectivity index (χ2v) is 8.65. The lowest BCUT2D eigenvalue weighted by Gasteiger charge is -2.27. The Morgan fingerprint density at radius 1 is 1.22 bits per heavy atom. The first-order valence-electron chi connectivity index (χ1n) is 10.1. The molecule has 1 saturated carbocycles. The molecule has 0 bridgehead atoms. The lowest BCUT2D eigenvalue weighted by atomic mass is 9.84. The molecular formula is C25H34N2. The first-order chi connectivity index (χ1) is 12.8. The van der Waals surface area contributed by atoms with Crippen LogP contribution in [-0.4, -0.2) is 6.04 Å². The van der Waals surface area contributed by atoms with Crippen LogP contribution in [0.25, 0.3) is 5.57 Å². The molecule has 0 amide bonds. The quantitative estimate of drug-likeness (QED) is 0.445. The van der Waals surface area contributed by atoms with Gasteiger partial charge in [0.2, 0.25) is 0 Å². The zero-order valence-electron chi connectivity index (χ0n) is 17.7. The summed E-state index contributed by atoms with van der Waals surface area (Å²) in [5.74, 6) is 0. The maximum atomic E-state index is 9.17. The summed E-state index contributed by atoms with van der Waals surface area (Å²) >= 11 is 0. The number of nitriles is 1. The zero-order chi connectivity index (χ0) is 20.0. The predicted octanol–water partition coefficient (Wildman–Crippen LogP) is 7.16. The van der Waals surface area contributed by atoms with Gasteiger partial charge in [0.15, 0.2) is 0 Å². The molecule has 0 aromatic heterocycles. The third-order valence-corrected chi connectivity index (χ3v) is 5.38. The molecule has 1 aromatic rings. The van der Waals surface area contributed by atoms with Crippen molar-refractivity contribution in [3.8, 4) is 6.07 Å². The Hall–Kier alpha value is -2.27. The molecule has 2 rings (SSSR count). The molecular weight excluding hydrogens is 328 g/mol. The van der Waals surface area contributed by atoms with Crippen LogP contribution in [0.3, 0.4) is 0 Å². The van der Waals surface area contributed by atoms with E-state index in [-0.39, 0.29) is 5.41 Å². The van der Waals surface area contributed by atoms with Crippen LogP contribution >= 0.6 is 0 Å². The van der Waals surface area contributed by atoms with Gasteiger partial charge in [-0.05, 0) is 67.0 Å². The second kappa shape index (κ2) is 9.09. The number of nitrogens with zero attached hydrogens (tertiary/aromatic N) is 1. The maximum absolute atomic E-state index is 9.17. The Morgan fingerprint density at radius 3 is 2.44 bits per heavy atom. The lowest BCUT2D eigenvalue weighted by molar-refractivity contribution is 0.462. The van der Waals surface area contributed by atoms with Gasteiger partial charge in [-0.2, -0.15) is 5.26 Å². The largest absolute Gasteiger partial charge is 0.382 e. The molecule has 0 spiro atoms. The van der Waals surface area contributed by atoms with Gasteiger partial charge >= 0.3 is 0 Å². The number of hydrogen-bond donors (Lipinski definition) is 1. The number of allylic oxidation sites excluding steroid dienone is 5. The molecule has 1 aliphatic rings. The van der Waals surface area contributed by atoms with E-state index in [0.717, 1.165) is 22.4 Å². The molecule has 0 aliphatic heterocycles. The predicted molar refractivity (Wildman–Crippen MR) is 118 cm³/mol. The van der Waals surface area contributed by atoms with Crippen LogP contribution < -0.4 is 5.32 Å². The van der Waals surface area contributed by atoms with Gasteiger partial charge in [-0.15, -0.1) is 0 Å². The first-order valence-corrected chi connectivity index (χ1v) is 10.1. The summed E-state index contributed by atoms with van der Waals surface area (Å²) in [4.78, 5) is 0. The van der Waals surface area contributed by atoms with Crippen molar-refractivity contribution in [3.63, 3.8) is 0 Å². The van der Waals surface area contributed by atoms with E-state index in [9.17, 15) is 0 Å². The van der Waals surface area contributed by atoms with Crippen LogP contribution in [0.1, 0.15) is 77.8 Å². The monoisotopic (exact) mass is 362 g/mol. The van der Waals surface area contributed by atoms with E-state index in [1.165, 1.54) is 37.7 Å². The Labute approximate surface area is 165 Å². The smallest absolute Gasteiger partial charge is 0.0944 e. The van der Waals surface area contributed by atoms with Gasteiger partial charge < -0.3 is 5.32 Å². The summed E-state index contributed by atoms with van der Waals surface area (Å²) in [7, 11) is 0. The molecule has 2 heteroatoms. The molecule has 144 valence electrons. The fourth-order valence-corrected chi connectivity index (χ4v) is 3.62. The molecule has 1 aromatic carbocycles. The number of rotatable bonds is 5. The molecule has 0 radical (unpaired) electrons. The van der Waals surface area contributed by atoms with Crippen LogP contribution in [0.15, 0.2) is 48.1 Å². The average Bonchev–Trinajstić information content (AvgIpc) is 2.65. The maximum Gasteiger partial charge on any atom is 0.0944 e. The molecule has 1 N–H and O–H groups in total. The van der Waals surface area contributed by atoms with Crippen LogP contribution in [0, 0.1) is 11.3 Å². The Morgan fingerprint density at radius 2 is 1.89 bits per heavy atom. The standard InChI is InChI=1S/C25H34N2/c1-7-20(15-18(2)17-26)19(3)23-16-21(25(4,5)6)13-14-24(23)27-22-11-9-8-10-12-22/h7,13-16,22,27H,3,8-12H2,1-2,4-6H3/b18-15+,20-7+. The van der Waals surface area contributed by atoms with Gasteiger partial charge in [0.25, 0.3) is 0 Å². The van der Waals surface area contributed by atoms with Crippen molar-refractivity contribution in [3.05, 3.63) is 59.2 Å². The van der Waals surface area contributed by atoms with Gasteiger partial charge in [-0.1, -0.05) is 58.8 Å². The fraction of sp³-hybridized carbons (Fsp3) is 0.480. The van der Waals surface area contributed by atoms with Crippen molar-refractivity contribution in [1.29, 1.82) is 5.26 Å². The second-order valence-electron chi connectivity index (χ2n) is 8.65. The van der Waals surface area contributed by atoms with Crippen molar-refractivity contribution < 1.29 is 0 Å². The van der Waals surface area contributed by atoms with Gasteiger partial charge in [0, 0.05) is 22.9 Å². The Balaban J connectivity index is 2.45. The van der Waals surface area contributed by atoms with Crippen LogP contribution in [-0.2, 0) is 5.41 Å². The summed E-state index contributed by atoms with van der Waals surface area (Å²) in [5.41, 5.74) is 6.34. The van der Waals surface area contributed by atoms with Crippen molar-refractivity contribution in [2.75, 3.05) is 5.32 Å². The zero-order valence-corrected chi connectivity index (χ0v) is 17.7. The van der Waals surface area contributed by atoms with Crippen molar-refractivity contribution in [1.82, 2.24) is 0 Å². The molecule has 1 fully saturated rings. The van der Waals surface area contributed by atoms with Gasteiger partial charge in [-0.25, -0.2) is 0 Å². The Bertz CT molecular complexity index is 776. The van der Waals surface area contributed by atoms with Crippen molar-refractivity contribution >= 4 is 11.3 Å². The minimum Gasteiger partial charge on any atom is -0.382 e. The normalized spacial score (nSPS) is 16.7. The minimum atomic E-state index is 0.0763.